The zero-order valence-electron chi connectivity index (χ0n) is 25.4. The van der Waals surface area contributed by atoms with E-state index < -0.39 is 0 Å². The Morgan fingerprint density at radius 1 is 1.00 bits per heavy atom. The second kappa shape index (κ2) is 11.3. The lowest BCUT2D eigenvalue weighted by molar-refractivity contribution is -0.142. The number of likely N-dealkylation sites (tertiary alicyclic amines) is 2. The maximum atomic E-state index is 14.2. The number of carbonyl (C=O) groups is 2. The molecule has 0 radical (unpaired) electrons. The van der Waals surface area contributed by atoms with E-state index in [0.717, 1.165) is 57.5 Å². The Hall–Kier alpha value is -2.15. The van der Waals surface area contributed by atoms with E-state index in [1.54, 1.807) is 0 Å². The summed E-state index contributed by atoms with van der Waals surface area (Å²) in [6, 6.07) is 6.79. The van der Waals surface area contributed by atoms with Crippen LogP contribution in [0.2, 0.25) is 0 Å². The topological polar surface area (TPSA) is 53.1 Å². The van der Waals surface area contributed by atoms with Crippen molar-refractivity contribution in [3.05, 3.63) is 35.6 Å². The summed E-state index contributed by atoms with van der Waals surface area (Å²) in [7, 11) is 0. The number of cyclic esters (lactones) is 1. The van der Waals surface area contributed by atoms with E-state index in [1.807, 2.05) is 17.0 Å². The number of rotatable bonds is 5. The average Bonchev–Trinajstić information content (AvgIpc) is 3.20. The van der Waals surface area contributed by atoms with E-state index in [0.29, 0.717) is 12.5 Å². The highest BCUT2D eigenvalue weighted by Gasteiger charge is 2.50. The van der Waals surface area contributed by atoms with Crippen LogP contribution in [0.1, 0.15) is 97.5 Å². The van der Waals surface area contributed by atoms with Gasteiger partial charge in [0.05, 0.1) is 5.54 Å². The van der Waals surface area contributed by atoms with E-state index >= 15 is 0 Å². The maximum absolute atomic E-state index is 14.2. The molecule has 6 nitrogen and oxygen atoms in total. The Kier molecular flexibility index (Phi) is 8.26. The van der Waals surface area contributed by atoms with Gasteiger partial charge in [-0.15, -0.1) is 0 Å². The van der Waals surface area contributed by atoms with Crippen molar-refractivity contribution in [3.8, 4) is 0 Å². The Morgan fingerprint density at radius 3 is 2.23 bits per heavy atom. The lowest BCUT2D eigenvalue weighted by Crippen LogP contribution is -2.57. The van der Waals surface area contributed by atoms with Crippen molar-refractivity contribution in [3.63, 3.8) is 0 Å². The molecule has 0 aromatic heterocycles. The summed E-state index contributed by atoms with van der Waals surface area (Å²) in [4.78, 5) is 33.5. The molecule has 1 aliphatic carbocycles. The van der Waals surface area contributed by atoms with Crippen molar-refractivity contribution in [1.29, 1.82) is 0 Å². The lowest BCUT2D eigenvalue weighted by Gasteiger charge is -2.51. The summed E-state index contributed by atoms with van der Waals surface area (Å²) in [5, 5.41) is 0. The number of hydrogen-bond acceptors (Lipinski definition) is 4. The first kappa shape index (κ1) is 29.3. The molecule has 0 N–H and O–H groups in total. The molecule has 5 rings (SSSR count). The van der Waals surface area contributed by atoms with Crippen LogP contribution in [0.3, 0.4) is 0 Å². The number of ether oxygens (including phenoxy) is 1. The van der Waals surface area contributed by atoms with Gasteiger partial charge in [0.25, 0.3) is 0 Å². The fourth-order valence-corrected chi connectivity index (χ4v) is 7.96. The third-order valence-corrected chi connectivity index (χ3v) is 10.7. The quantitative estimate of drug-likeness (QED) is 0.419. The number of carbonyl (C=O) groups excluding carboxylic acids is 2. The van der Waals surface area contributed by atoms with Crippen LogP contribution in [0.5, 0.6) is 0 Å². The van der Waals surface area contributed by atoms with E-state index in [2.05, 4.69) is 44.4 Å². The molecular formula is C33H50FN3O3. The second-order valence-electron chi connectivity index (χ2n) is 14.6. The highest BCUT2D eigenvalue weighted by atomic mass is 19.1. The van der Waals surface area contributed by atoms with Gasteiger partial charge >= 0.3 is 6.09 Å². The van der Waals surface area contributed by atoms with Gasteiger partial charge in [-0.3, -0.25) is 14.6 Å². The standard InChI is InChI=1S/C33H50FN3O3/c1-31(2,3)36-18-15-27(28(21-36)24-11-13-26(34)14-12-24)29(38)35-19-16-33(17-20-35,25-9-7-6-8-10-25)22-37-30(39)40-23-32(37,4)5/h11-14,25,27-28H,6-10,15-23H2,1-5H3/t27-,28?/m1/s1. The van der Waals surface area contributed by atoms with Gasteiger partial charge < -0.3 is 9.64 Å². The van der Waals surface area contributed by atoms with Gasteiger partial charge in [0.15, 0.2) is 0 Å². The van der Waals surface area contributed by atoms with Crippen molar-refractivity contribution in [2.45, 2.75) is 103 Å². The number of halogens is 1. The van der Waals surface area contributed by atoms with E-state index in [4.69, 9.17) is 4.74 Å². The summed E-state index contributed by atoms with van der Waals surface area (Å²) >= 11 is 0. The Morgan fingerprint density at radius 2 is 1.65 bits per heavy atom. The van der Waals surface area contributed by atoms with Gasteiger partial charge in [-0.1, -0.05) is 31.4 Å². The van der Waals surface area contributed by atoms with Crippen LogP contribution in [-0.2, 0) is 9.53 Å². The van der Waals surface area contributed by atoms with E-state index in [9.17, 15) is 14.0 Å². The van der Waals surface area contributed by atoms with Gasteiger partial charge in [0, 0.05) is 43.6 Å². The largest absolute Gasteiger partial charge is 0.447 e. The SMILES string of the molecule is CC(C)(C)N1CC[C@@H](C(=O)N2CCC(CN3C(=O)OCC3(C)C)(C3CCCCC3)CC2)C(c2ccc(F)cc2)C1. The third-order valence-electron chi connectivity index (χ3n) is 10.7. The van der Waals surface area contributed by atoms with Gasteiger partial charge in [-0.25, -0.2) is 9.18 Å². The summed E-state index contributed by atoms with van der Waals surface area (Å²) in [6.07, 6.45) is 8.75. The first-order valence-corrected chi connectivity index (χ1v) is 15.6. The lowest BCUT2D eigenvalue weighted by atomic mass is 9.63. The maximum Gasteiger partial charge on any atom is 0.410 e. The molecule has 40 heavy (non-hydrogen) atoms. The van der Waals surface area contributed by atoms with Gasteiger partial charge in [-0.05, 0) is 102 Å². The van der Waals surface area contributed by atoms with Crippen LogP contribution in [0.25, 0.3) is 0 Å². The van der Waals surface area contributed by atoms with Gasteiger partial charge in [0.1, 0.15) is 12.4 Å². The molecule has 0 spiro atoms. The van der Waals surface area contributed by atoms with Crippen molar-refractivity contribution < 1.29 is 18.7 Å². The molecule has 2 atom stereocenters. The number of benzene rings is 1. The van der Waals surface area contributed by atoms with Crippen molar-refractivity contribution >= 4 is 12.0 Å². The highest BCUT2D eigenvalue weighted by Crippen LogP contribution is 2.48. The molecule has 222 valence electrons. The molecular weight excluding hydrogens is 505 g/mol. The Labute approximate surface area is 240 Å². The fourth-order valence-electron chi connectivity index (χ4n) is 7.96. The average molecular weight is 556 g/mol. The number of hydrogen-bond donors (Lipinski definition) is 0. The van der Waals surface area contributed by atoms with Gasteiger partial charge in [-0.2, -0.15) is 0 Å². The van der Waals surface area contributed by atoms with Gasteiger partial charge in [0.2, 0.25) is 5.91 Å². The first-order chi connectivity index (χ1) is 18.9. The summed E-state index contributed by atoms with van der Waals surface area (Å²) in [5.74, 6) is 0.547. The van der Waals surface area contributed by atoms with Crippen molar-refractivity contribution in [1.82, 2.24) is 14.7 Å². The number of piperidine rings is 2. The minimum Gasteiger partial charge on any atom is -0.447 e. The molecule has 3 heterocycles. The fraction of sp³-hybridized carbons (Fsp3) is 0.758. The Bertz CT molecular complexity index is 1050. The van der Waals surface area contributed by atoms with Crippen LogP contribution in [0.15, 0.2) is 24.3 Å². The summed E-state index contributed by atoms with van der Waals surface area (Å²) in [5.41, 5.74) is 0.803. The molecule has 1 saturated carbocycles. The summed E-state index contributed by atoms with van der Waals surface area (Å²) in [6.45, 7) is 15.2. The highest BCUT2D eigenvalue weighted by molar-refractivity contribution is 5.80. The molecule has 0 bridgehead atoms. The molecule has 1 aromatic rings. The van der Waals surface area contributed by atoms with Crippen molar-refractivity contribution in [2.24, 2.45) is 17.3 Å². The molecule has 4 fully saturated rings. The van der Waals surface area contributed by atoms with Crippen LogP contribution in [0, 0.1) is 23.1 Å². The van der Waals surface area contributed by atoms with Crippen molar-refractivity contribution in [2.75, 3.05) is 39.3 Å². The number of amides is 2. The van der Waals surface area contributed by atoms with Crippen LogP contribution in [-0.4, -0.2) is 77.1 Å². The minimum absolute atomic E-state index is 0.0154. The molecule has 3 aliphatic heterocycles. The molecule has 3 saturated heterocycles. The van der Waals surface area contributed by atoms with Crippen LogP contribution >= 0.6 is 0 Å². The molecule has 2 amide bonds. The molecule has 1 unspecified atom stereocenters. The second-order valence-corrected chi connectivity index (χ2v) is 14.6. The van der Waals surface area contributed by atoms with Crippen LogP contribution < -0.4 is 0 Å². The number of nitrogens with zero attached hydrogens (tertiary/aromatic N) is 3. The smallest absolute Gasteiger partial charge is 0.410 e. The van der Waals surface area contributed by atoms with Crippen LogP contribution in [0.4, 0.5) is 9.18 Å². The predicted octanol–water partition coefficient (Wildman–Crippen LogP) is 6.45. The minimum atomic E-state index is -0.297. The van der Waals surface area contributed by atoms with E-state index in [1.165, 1.54) is 44.2 Å². The first-order valence-electron chi connectivity index (χ1n) is 15.6. The zero-order chi connectivity index (χ0) is 28.7. The third kappa shape index (κ3) is 5.91. The molecule has 4 aliphatic rings. The van der Waals surface area contributed by atoms with E-state index in [-0.39, 0.29) is 46.1 Å². The normalized spacial score (nSPS) is 28.0. The summed E-state index contributed by atoms with van der Waals surface area (Å²) < 4.78 is 19.3. The predicted molar refractivity (Wildman–Crippen MR) is 156 cm³/mol. The molecule has 7 heteroatoms. The Balaban J connectivity index is 1.34. The molecule has 1 aromatic carbocycles. The monoisotopic (exact) mass is 555 g/mol. The zero-order valence-corrected chi connectivity index (χ0v) is 25.4.